The highest BCUT2D eigenvalue weighted by molar-refractivity contribution is 6.04. The largest absolute Gasteiger partial charge is 0.508 e. The van der Waals surface area contributed by atoms with Gasteiger partial charge in [0.1, 0.15) is 11.6 Å². The molecule has 5 N–H and O–H groups in total. The third-order valence-corrected chi connectivity index (χ3v) is 3.11. The van der Waals surface area contributed by atoms with Crippen molar-refractivity contribution in [2.75, 3.05) is 0 Å². The number of hydrogen-bond acceptors (Lipinski definition) is 2. The van der Waals surface area contributed by atoms with Crippen molar-refractivity contribution in [1.82, 2.24) is 0 Å². The van der Waals surface area contributed by atoms with Crippen molar-refractivity contribution in [3.8, 4) is 16.9 Å². The van der Waals surface area contributed by atoms with Gasteiger partial charge in [-0.05, 0) is 54.0 Å². The predicted molar refractivity (Wildman–Crippen MR) is 88.0 cm³/mol. The lowest BCUT2D eigenvalue weighted by Crippen LogP contribution is -2.24. The van der Waals surface area contributed by atoms with Crippen LogP contribution in [-0.4, -0.2) is 17.0 Å². The van der Waals surface area contributed by atoms with E-state index in [0.29, 0.717) is 22.3 Å². The Hall–Kier alpha value is -3.15. The molecule has 0 saturated carbocycles. The maximum absolute atomic E-state index is 13.6. The second-order valence-corrected chi connectivity index (χ2v) is 4.95. The van der Waals surface area contributed by atoms with Gasteiger partial charge in [0.25, 0.3) is 5.91 Å². The first-order valence-electron chi connectivity index (χ1n) is 6.78. The molecule has 0 aliphatic rings. The van der Waals surface area contributed by atoms with Gasteiger partial charge >= 0.3 is 0 Å². The topological polar surface area (TPSA) is 102 Å². The van der Waals surface area contributed by atoms with Crippen LogP contribution in [0.3, 0.4) is 0 Å². The average Bonchev–Trinajstić information content (AvgIpc) is 2.48. The van der Waals surface area contributed by atoms with Gasteiger partial charge in [-0.25, -0.2) is 4.39 Å². The average molecular weight is 313 g/mol. The van der Waals surface area contributed by atoms with Crippen LogP contribution < -0.4 is 11.5 Å². The number of aromatic hydroxyl groups is 1. The SMILES string of the molecule is CC(=Cc1ccc(F)cc1-c1cccc(O)c1)C(=O)N=C(N)N. The van der Waals surface area contributed by atoms with E-state index in [1.54, 1.807) is 31.2 Å². The second-order valence-electron chi connectivity index (χ2n) is 4.95. The molecule has 5 nitrogen and oxygen atoms in total. The van der Waals surface area contributed by atoms with Crippen LogP contribution in [0.25, 0.3) is 17.2 Å². The highest BCUT2D eigenvalue weighted by Crippen LogP contribution is 2.29. The van der Waals surface area contributed by atoms with Gasteiger partial charge in [-0.3, -0.25) is 4.79 Å². The van der Waals surface area contributed by atoms with Crippen LogP contribution in [0.2, 0.25) is 0 Å². The maximum Gasteiger partial charge on any atom is 0.275 e. The van der Waals surface area contributed by atoms with Gasteiger partial charge in [0.15, 0.2) is 5.96 Å². The Labute approximate surface area is 132 Å². The molecule has 2 aromatic carbocycles. The summed E-state index contributed by atoms with van der Waals surface area (Å²) in [7, 11) is 0. The lowest BCUT2D eigenvalue weighted by molar-refractivity contribution is -0.114. The van der Waals surface area contributed by atoms with Crippen molar-refractivity contribution in [3.05, 3.63) is 59.4 Å². The zero-order valence-corrected chi connectivity index (χ0v) is 12.5. The highest BCUT2D eigenvalue weighted by Gasteiger charge is 2.09. The summed E-state index contributed by atoms with van der Waals surface area (Å²) >= 11 is 0. The Kier molecular flexibility index (Phi) is 4.75. The fourth-order valence-corrected chi connectivity index (χ4v) is 2.08. The Bertz CT molecular complexity index is 809. The van der Waals surface area contributed by atoms with E-state index < -0.39 is 11.7 Å². The molecule has 0 fully saturated rings. The number of halogens is 1. The summed E-state index contributed by atoms with van der Waals surface area (Å²) in [6, 6.07) is 10.6. The predicted octanol–water partition coefficient (Wildman–Crippen LogP) is 2.40. The van der Waals surface area contributed by atoms with Gasteiger partial charge in [-0.15, -0.1) is 0 Å². The molecule has 0 radical (unpaired) electrons. The number of amides is 1. The molecule has 0 aliphatic heterocycles. The smallest absolute Gasteiger partial charge is 0.275 e. The number of guanidine groups is 1. The molecule has 0 heterocycles. The molecule has 0 unspecified atom stereocenters. The van der Waals surface area contributed by atoms with E-state index in [0.717, 1.165) is 0 Å². The molecular formula is C17H16FN3O2. The molecule has 0 spiro atoms. The van der Waals surface area contributed by atoms with Crippen LogP contribution in [-0.2, 0) is 4.79 Å². The van der Waals surface area contributed by atoms with Gasteiger partial charge in [0, 0.05) is 5.57 Å². The van der Waals surface area contributed by atoms with Crippen molar-refractivity contribution < 1.29 is 14.3 Å². The minimum absolute atomic E-state index is 0.0648. The Morgan fingerprint density at radius 1 is 1.22 bits per heavy atom. The first-order chi connectivity index (χ1) is 10.9. The standard InChI is InChI=1S/C17H16FN3O2/c1-10(16(23)21-17(19)20)7-12-5-6-13(18)9-15(12)11-3-2-4-14(22)8-11/h2-9,22H,1H3,(H4,19,20,21,23). The summed E-state index contributed by atoms with van der Waals surface area (Å²) in [5.41, 5.74) is 12.4. The van der Waals surface area contributed by atoms with Crippen molar-refractivity contribution in [2.24, 2.45) is 16.5 Å². The number of nitrogens with zero attached hydrogens (tertiary/aromatic N) is 1. The van der Waals surface area contributed by atoms with Crippen LogP contribution in [0.5, 0.6) is 5.75 Å². The number of nitrogens with two attached hydrogens (primary N) is 2. The Morgan fingerprint density at radius 3 is 2.61 bits per heavy atom. The van der Waals surface area contributed by atoms with Crippen molar-refractivity contribution in [2.45, 2.75) is 6.92 Å². The molecule has 2 rings (SSSR count). The number of aliphatic imine (C=N–C) groups is 1. The summed E-state index contributed by atoms with van der Waals surface area (Å²) in [6.45, 7) is 1.56. The van der Waals surface area contributed by atoms with E-state index in [1.165, 1.54) is 24.3 Å². The first-order valence-corrected chi connectivity index (χ1v) is 6.78. The van der Waals surface area contributed by atoms with Crippen LogP contribution in [0.1, 0.15) is 12.5 Å². The van der Waals surface area contributed by atoms with Crippen molar-refractivity contribution >= 4 is 17.9 Å². The van der Waals surface area contributed by atoms with E-state index in [2.05, 4.69) is 4.99 Å². The molecular weight excluding hydrogens is 297 g/mol. The summed E-state index contributed by atoms with van der Waals surface area (Å²) in [4.78, 5) is 15.3. The maximum atomic E-state index is 13.6. The molecule has 0 aliphatic carbocycles. The van der Waals surface area contributed by atoms with Gasteiger partial charge in [-0.2, -0.15) is 4.99 Å². The highest BCUT2D eigenvalue weighted by atomic mass is 19.1. The normalized spacial score (nSPS) is 11.1. The second kappa shape index (κ2) is 6.74. The molecule has 118 valence electrons. The van der Waals surface area contributed by atoms with E-state index >= 15 is 0 Å². The molecule has 0 bridgehead atoms. The van der Waals surface area contributed by atoms with E-state index in [1.807, 2.05) is 0 Å². The van der Waals surface area contributed by atoms with Crippen molar-refractivity contribution in [3.63, 3.8) is 0 Å². The summed E-state index contributed by atoms with van der Waals surface area (Å²) < 4.78 is 13.6. The molecule has 6 heteroatoms. The number of phenols is 1. The minimum atomic E-state index is -0.573. The number of carbonyl (C=O) groups excluding carboxylic acids is 1. The molecule has 1 amide bonds. The van der Waals surface area contributed by atoms with Gasteiger partial charge in [0.05, 0.1) is 0 Å². The molecule has 0 atom stereocenters. The van der Waals surface area contributed by atoms with Crippen molar-refractivity contribution in [1.29, 1.82) is 0 Å². The van der Waals surface area contributed by atoms with Gasteiger partial charge < -0.3 is 16.6 Å². The van der Waals surface area contributed by atoms with Gasteiger partial charge in [-0.1, -0.05) is 18.2 Å². The van der Waals surface area contributed by atoms with Crippen LogP contribution in [0.15, 0.2) is 53.0 Å². The minimum Gasteiger partial charge on any atom is -0.508 e. The third-order valence-electron chi connectivity index (χ3n) is 3.11. The first kappa shape index (κ1) is 16.2. The van der Waals surface area contributed by atoms with Crippen LogP contribution in [0, 0.1) is 5.82 Å². The fraction of sp³-hybridized carbons (Fsp3) is 0.0588. The van der Waals surface area contributed by atoms with E-state index in [9.17, 15) is 14.3 Å². The number of benzene rings is 2. The molecule has 0 aromatic heterocycles. The zero-order chi connectivity index (χ0) is 17.0. The summed E-state index contributed by atoms with van der Waals surface area (Å²) in [5, 5.41) is 9.60. The lowest BCUT2D eigenvalue weighted by Gasteiger charge is -2.08. The quantitative estimate of drug-likeness (QED) is 0.460. The summed E-state index contributed by atoms with van der Waals surface area (Å²) in [6.07, 6.45) is 1.56. The van der Waals surface area contributed by atoms with Gasteiger partial charge in [0.2, 0.25) is 0 Å². The van der Waals surface area contributed by atoms with Crippen LogP contribution >= 0.6 is 0 Å². The van der Waals surface area contributed by atoms with E-state index in [-0.39, 0.29) is 11.7 Å². The van der Waals surface area contributed by atoms with E-state index in [4.69, 9.17) is 11.5 Å². The van der Waals surface area contributed by atoms with Crippen LogP contribution in [0.4, 0.5) is 4.39 Å². The third kappa shape index (κ3) is 4.16. The number of hydrogen-bond donors (Lipinski definition) is 3. The molecule has 0 saturated heterocycles. The lowest BCUT2D eigenvalue weighted by atomic mass is 9.97. The Balaban J connectivity index is 2.52. The summed E-state index contributed by atoms with van der Waals surface area (Å²) in [5.74, 6) is -1.25. The number of phenolic OH excluding ortho intramolecular Hbond substituents is 1. The fourth-order valence-electron chi connectivity index (χ4n) is 2.08. The molecule has 2 aromatic rings. The monoisotopic (exact) mass is 313 g/mol. The number of rotatable bonds is 3. The zero-order valence-electron chi connectivity index (χ0n) is 12.5. The Morgan fingerprint density at radius 2 is 1.96 bits per heavy atom. The molecule has 23 heavy (non-hydrogen) atoms. The number of carbonyl (C=O) groups is 1.